The van der Waals surface area contributed by atoms with Gasteiger partial charge in [-0.3, -0.25) is 14.4 Å². The lowest BCUT2D eigenvalue weighted by Gasteiger charge is -2.28. The summed E-state index contributed by atoms with van der Waals surface area (Å²) in [6, 6.07) is 1.89. The fourth-order valence-electron chi connectivity index (χ4n) is 5.07. The van der Waals surface area contributed by atoms with Crippen LogP contribution in [0.4, 0.5) is 36.4 Å². The lowest BCUT2D eigenvalue weighted by Crippen LogP contribution is -2.57. The molecule has 0 unspecified atom stereocenters. The van der Waals surface area contributed by atoms with Crippen LogP contribution in [0.2, 0.25) is 0 Å². The zero-order chi connectivity index (χ0) is 29.0. The zero-order valence-corrected chi connectivity index (χ0v) is 20.9. The molecule has 40 heavy (non-hydrogen) atoms. The third-order valence-electron chi connectivity index (χ3n) is 7.66. The minimum Gasteiger partial charge on any atom is -0.343 e. The number of carbonyl (C=O) groups excluding carboxylic acids is 3. The van der Waals surface area contributed by atoms with Crippen LogP contribution in [-0.2, 0) is 27.2 Å². The molecule has 0 saturated heterocycles. The number of anilines is 1. The van der Waals surface area contributed by atoms with Crippen LogP contribution in [-0.4, -0.2) is 42.0 Å². The third kappa shape index (κ3) is 5.01. The van der Waals surface area contributed by atoms with Crippen molar-refractivity contribution in [3.8, 4) is 0 Å². The molecule has 2 aromatic rings. The highest BCUT2D eigenvalue weighted by Gasteiger charge is 2.68. The monoisotopic (exact) mass is 571 g/mol. The van der Waals surface area contributed by atoms with Gasteiger partial charge in [-0.15, -0.1) is 0 Å². The largest absolute Gasteiger partial charge is 0.403 e. The molecule has 13 heteroatoms. The highest BCUT2D eigenvalue weighted by atomic mass is 19.4. The maximum Gasteiger partial charge on any atom is 0.403 e. The van der Waals surface area contributed by atoms with Crippen molar-refractivity contribution in [3.63, 3.8) is 0 Å². The van der Waals surface area contributed by atoms with Gasteiger partial charge in [0.05, 0.1) is 5.69 Å². The van der Waals surface area contributed by atoms with Gasteiger partial charge in [0, 0.05) is 24.1 Å². The lowest BCUT2D eigenvalue weighted by atomic mass is 10.0. The number of hydrogen-bond acceptors (Lipinski definition) is 3. The molecule has 0 bridgehead atoms. The van der Waals surface area contributed by atoms with E-state index in [9.17, 15) is 45.1 Å². The smallest absolute Gasteiger partial charge is 0.343 e. The average molecular weight is 571 g/mol. The summed E-state index contributed by atoms with van der Waals surface area (Å²) in [4.78, 5) is 40.5. The van der Waals surface area contributed by atoms with Gasteiger partial charge in [0.2, 0.25) is 17.7 Å². The number of nitrogens with one attached hydrogen (secondary N) is 2. The fourth-order valence-corrected chi connectivity index (χ4v) is 5.07. The molecule has 0 spiro atoms. The van der Waals surface area contributed by atoms with Gasteiger partial charge in [-0.2, -0.15) is 13.2 Å². The Labute approximate surface area is 223 Å². The van der Waals surface area contributed by atoms with Crippen LogP contribution in [0, 0.1) is 28.7 Å². The fraction of sp³-hybridized carbons (Fsp3) is 0.444. The van der Waals surface area contributed by atoms with Crippen molar-refractivity contribution in [2.24, 2.45) is 5.41 Å². The number of carbonyl (C=O) groups is 3. The summed E-state index contributed by atoms with van der Waals surface area (Å²) in [5.41, 5.74) is -3.52. The van der Waals surface area contributed by atoms with E-state index in [-0.39, 0.29) is 24.0 Å². The third-order valence-corrected chi connectivity index (χ3v) is 7.66. The molecule has 1 aliphatic heterocycles. The molecule has 3 aliphatic rings. The van der Waals surface area contributed by atoms with E-state index in [1.807, 2.05) is 0 Å². The predicted octanol–water partition coefficient (Wildman–Crippen LogP) is 4.24. The van der Waals surface area contributed by atoms with Gasteiger partial charge in [-0.1, -0.05) is 18.2 Å². The molecule has 2 atom stereocenters. The molecule has 1 heterocycles. The van der Waals surface area contributed by atoms with Crippen LogP contribution in [0.1, 0.15) is 43.2 Å². The number of amides is 3. The molecule has 2 aliphatic carbocycles. The van der Waals surface area contributed by atoms with E-state index in [1.165, 1.54) is 18.2 Å². The van der Waals surface area contributed by atoms with Gasteiger partial charge in [-0.25, -0.2) is 17.6 Å². The van der Waals surface area contributed by atoms with Crippen LogP contribution in [0.25, 0.3) is 0 Å². The molecule has 2 saturated carbocycles. The van der Waals surface area contributed by atoms with Crippen molar-refractivity contribution >= 4 is 23.4 Å². The number of nitrogens with zero attached hydrogens (tertiary/aromatic N) is 1. The topological polar surface area (TPSA) is 78.5 Å². The van der Waals surface area contributed by atoms with E-state index in [0.717, 1.165) is 11.0 Å². The number of alkyl halides is 3. The second-order valence-corrected chi connectivity index (χ2v) is 10.4. The number of rotatable bonds is 7. The van der Waals surface area contributed by atoms with Crippen LogP contribution >= 0.6 is 0 Å². The van der Waals surface area contributed by atoms with E-state index in [4.69, 9.17) is 0 Å². The normalized spacial score (nSPS) is 20.8. The Hall–Kier alpha value is -3.64. The van der Waals surface area contributed by atoms with Crippen molar-refractivity contribution in [2.75, 3.05) is 4.90 Å². The number of halogens is 7. The van der Waals surface area contributed by atoms with Gasteiger partial charge >= 0.3 is 6.18 Å². The maximum absolute atomic E-state index is 14.8. The van der Waals surface area contributed by atoms with Gasteiger partial charge in [0.15, 0.2) is 11.6 Å². The van der Waals surface area contributed by atoms with E-state index in [1.54, 1.807) is 0 Å². The Morgan fingerprint density at radius 1 is 1.00 bits per heavy atom. The number of fused-ring (bicyclic) bond motifs is 1. The van der Waals surface area contributed by atoms with Crippen molar-refractivity contribution in [3.05, 3.63) is 64.7 Å². The first-order chi connectivity index (χ1) is 18.8. The summed E-state index contributed by atoms with van der Waals surface area (Å²) in [7, 11) is 0. The molecule has 3 amide bonds. The highest BCUT2D eigenvalue weighted by Crippen LogP contribution is 2.57. The molecule has 5 rings (SSSR count). The second kappa shape index (κ2) is 10.1. The first-order valence-corrected chi connectivity index (χ1v) is 12.7. The Morgan fingerprint density at radius 3 is 2.27 bits per heavy atom. The molecule has 2 N–H and O–H groups in total. The minimum atomic E-state index is -4.87. The Morgan fingerprint density at radius 2 is 1.68 bits per heavy atom. The van der Waals surface area contributed by atoms with Crippen molar-refractivity contribution < 1.29 is 45.1 Å². The molecule has 2 aromatic carbocycles. The minimum absolute atomic E-state index is 0.0707. The highest BCUT2D eigenvalue weighted by molar-refractivity contribution is 6.02. The summed E-state index contributed by atoms with van der Waals surface area (Å²) in [6.45, 7) is 0. The summed E-state index contributed by atoms with van der Waals surface area (Å²) >= 11 is 0. The molecule has 0 aromatic heterocycles. The molecule has 2 fully saturated rings. The van der Waals surface area contributed by atoms with Crippen LogP contribution < -0.4 is 15.5 Å². The van der Waals surface area contributed by atoms with Gasteiger partial charge < -0.3 is 15.5 Å². The summed E-state index contributed by atoms with van der Waals surface area (Å²) < 4.78 is 98.4. The first-order valence-electron chi connectivity index (χ1n) is 12.7. The van der Waals surface area contributed by atoms with Gasteiger partial charge in [0.1, 0.15) is 29.1 Å². The SMILES string of the molecule is O=C(N[C@@H]1CCc2c(F)c(F)cc(F)c2N(C2CC2)C1=O)[C@@H](Cc1ccccc1F)NC(=O)C1(C(F)(F)F)CC1. The van der Waals surface area contributed by atoms with Gasteiger partial charge in [-0.05, 0) is 50.2 Å². The van der Waals surface area contributed by atoms with Crippen LogP contribution in [0.3, 0.4) is 0 Å². The Kier molecular flexibility index (Phi) is 7.03. The molecular weight excluding hydrogens is 547 g/mol. The number of benzene rings is 2. The lowest BCUT2D eigenvalue weighted by molar-refractivity contribution is -0.192. The van der Waals surface area contributed by atoms with Crippen molar-refractivity contribution in [1.82, 2.24) is 10.6 Å². The van der Waals surface area contributed by atoms with E-state index in [0.29, 0.717) is 18.9 Å². The maximum atomic E-state index is 14.8. The summed E-state index contributed by atoms with van der Waals surface area (Å²) in [5, 5.41) is 4.46. The van der Waals surface area contributed by atoms with Crippen LogP contribution in [0.15, 0.2) is 30.3 Å². The molecule has 0 radical (unpaired) electrons. The van der Waals surface area contributed by atoms with E-state index in [2.05, 4.69) is 10.6 Å². The summed E-state index contributed by atoms with van der Waals surface area (Å²) in [5.74, 6) is -8.02. The van der Waals surface area contributed by atoms with Crippen molar-refractivity contribution in [2.45, 2.75) is 69.2 Å². The van der Waals surface area contributed by atoms with E-state index >= 15 is 0 Å². The summed E-state index contributed by atoms with van der Waals surface area (Å²) in [6.07, 6.45) is -6.05. The quantitative estimate of drug-likeness (QED) is 0.386. The molecule has 214 valence electrons. The average Bonchev–Trinajstić information content (AvgIpc) is 3.78. The van der Waals surface area contributed by atoms with Crippen LogP contribution in [0.5, 0.6) is 0 Å². The first kappa shape index (κ1) is 27.9. The molecule has 6 nitrogen and oxygen atoms in total. The zero-order valence-electron chi connectivity index (χ0n) is 20.9. The second-order valence-electron chi connectivity index (χ2n) is 10.4. The Bertz CT molecular complexity index is 1370. The standard InChI is InChI=1S/C27H24F7N3O3/c28-16-4-2-1-3-13(16)11-20(36-25(40)26(9-10-26)27(32,33)34)23(38)35-19-8-7-15-21(31)17(29)12-18(30)22(15)37(24(19)39)14-5-6-14/h1-4,12,14,19-20H,5-11H2,(H,35,38)(H,36,40)/t19-,20-/m1/s1. The van der Waals surface area contributed by atoms with E-state index < -0.39 is 95.7 Å². The molecular formula is C27H24F7N3O3. The number of hydrogen-bond donors (Lipinski definition) is 2. The van der Waals surface area contributed by atoms with Gasteiger partial charge in [0.25, 0.3) is 0 Å². The Balaban J connectivity index is 1.42. The predicted molar refractivity (Wildman–Crippen MR) is 127 cm³/mol. The van der Waals surface area contributed by atoms with Crippen molar-refractivity contribution in [1.29, 1.82) is 0 Å².